The minimum Gasteiger partial charge on any atom is -0.497 e. The number of carbonyl (C=O) groups excluding carboxylic acids is 2. The van der Waals surface area contributed by atoms with Gasteiger partial charge in [0.2, 0.25) is 0 Å². The second-order valence-corrected chi connectivity index (χ2v) is 10.9. The van der Waals surface area contributed by atoms with Crippen LogP contribution in [0.3, 0.4) is 0 Å². The third-order valence-electron chi connectivity index (χ3n) is 8.00. The van der Waals surface area contributed by atoms with Crippen molar-refractivity contribution in [3.63, 3.8) is 0 Å². The van der Waals surface area contributed by atoms with Crippen LogP contribution in [0.5, 0.6) is 5.75 Å². The summed E-state index contributed by atoms with van der Waals surface area (Å²) in [5.74, 6) is 0.185. The van der Waals surface area contributed by atoms with Crippen molar-refractivity contribution in [1.82, 2.24) is 4.98 Å². The Morgan fingerprint density at radius 2 is 1.80 bits per heavy atom. The molecule has 7 heteroatoms. The Balaban J connectivity index is 1.52. The van der Waals surface area contributed by atoms with Gasteiger partial charge in [-0.3, -0.25) is 9.59 Å². The van der Waals surface area contributed by atoms with Gasteiger partial charge in [0.25, 0.3) is 11.8 Å². The van der Waals surface area contributed by atoms with Gasteiger partial charge < -0.3 is 25.5 Å². The van der Waals surface area contributed by atoms with Crippen LogP contribution in [0.1, 0.15) is 51.3 Å². The number of aromatic amines is 1. The number of hydrogen-bond donors (Lipinski definition) is 3. The second-order valence-electron chi connectivity index (χ2n) is 10.9. The van der Waals surface area contributed by atoms with Gasteiger partial charge in [0, 0.05) is 34.1 Å². The van der Waals surface area contributed by atoms with Crippen LogP contribution in [0.2, 0.25) is 0 Å². The number of aromatic nitrogens is 1. The quantitative estimate of drug-likeness (QED) is 0.264. The molecule has 0 aliphatic carbocycles. The average Bonchev–Trinajstić information content (AvgIpc) is 3.31. The number of benzene rings is 4. The molecule has 0 unspecified atom stereocenters. The highest BCUT2D eigenvalue weighted by molar-refractivity contribution is 6.20. The molecule has 1 aliphatic rings. The number of carbonyl (C=O) groups is 2. The number of nitrogens with two attached hydrogens (primary N) is 1. The molecule has 4 N–H and O–H groups in total. The van der Waals surface area contributed by atoms with Crippen molar-refractivity contribution in [3.05, 3.63) is 94.5 Å². The van der Waals surface area contributed by atoms with Crippen LogP contribution in [0, 0.1) is 6.92 Å². The number of methoxy groups -OCH3 is 1. The Morgan fingerprint density at radius 1 is 1.02 bits per heavy atom. The van der Waals surface area contributed by atoms with Crippen molar-refractivity contribution in [2.45, 2.75) is 32.8 Å². The molecule has 2 amide bonds. The van der Waals surface area contributed by atoms with Crippen molar-refractivity contribution < 1.29 is 19.4 Å². The van der Waals surface area contributed by atoms with Crippen LogP contribution in [-0.4, -0.2) is 35.6 Å². The monoisotopic (exact) mass is 533 g/mol. The first-order valence-electron chi connectivity index (χ1n) is 13.3. The molecule has 0 fully saturated rings. The second kappa shape index (κ2) is 9.24. The van der Waals surface area contributed by atoms with Crippen molar-refractivity contribution >= 4 is 39.3 Å². The largest absolute Gasteiger partial charge is 0.497 e. The Hall–Kier alpha value is -4.62. The maximum Gasteiger partial charge on any atom is 0.258 e. The average molecular weight is 534 g/mol. The number of nitrogens with one attached hydrogen (secondary N) is 1. The fourth-order valence-electron chi connectivity index (χ4n) is 5.85. The number of hydrogen-bond acceptors (Lipinski definition) is 4. The third-order valence-corrected chi connectivity index (χ3v) is 8.00. The molecule has 40 heavy (non-hydrogen) atoms. The SMILES string of the molecule is COc1ccc2c(c1)CCN(c1cccc(-c3ccc(C(N)=O)c4[nH]c5cc(C(C)(C)O)ccc5c34)c1C)C2=O. The van der Waals surface area contributed by atoms with Crippen LogP contribution in [0.15, 0.2) is 66.7 Å². The summed E-state index contributed by atoms with van der Waals surface area (Å²) in [4.78, 5) is 31.2. The van der Waals surface area contributed by atoms with Gasteiger partial charge >= 0.3 is 0 Å². The minimum absolute atomic E-state index is 0.0374. The molecule has 6 rings (SSSR count). The van der Waals surface area contributed by atoms with Gasteiger partial charge in [0.05, 0.1) is 23.8 Å². The van der Waals surface area contributed by atoms with Gasteiger partial charge in [-0.25, -0.2) is 0 Å². The predicted octanol–water partition coefficient (Wildman–Crippen LogP) is 5.83. The number of rotatable bonds is 5. The van der Waals surface area contributed by atoms with Crippen molar-refractivity contribution in [2.75, 3.05) is 18.6 Å². The molecule has 5 aromatic rings. The van der Waals surface area contributed by atoms with Gasteiger partial charge in [-0.2, -0.15) is 0 Å². The molecule has 0 bridgehead atoms. The number of fused-ring (bicyclic) bond motifs is 4. The lowest BCUT2D eigenvalue weighted by atomic mass is 9.91. The van der Waals surface area contributed by atoms with Crippen LogP contribution in [-0.2, 0) is 12.0 Å². The molecular formula is C33H31N3O4. The smallest absolute Gasteiger partial charge is 0.258 e. The summed E-state index contributed by atoms with van der Waals surface area (Å²) >= 11 is 0. The molecule has 2 heterocycles. The lowest BCUT2D eigenvalue weighted by Crippen LogP contribution is -2.38. The highest BCUT2D eigenvalue weighted by atomic mass is 16.5. The Bertz CT molecular complexity index is 1840. The van der Waals surface area contributed by atoms with Crippen LogP contribution < -0.4 is 15.4 Å². The molecule has 202 valence electrons. The van der Waals surface area contributed by atoms with E-state index in [2.05, 4.69) is 4.98 Å². The molecule has 1 aliphatic heterocycles. The summed E-state index contributed by atoms with van der Waals surface area (Å²) in [6, 6.07) is 21.0. The Morgan fingerprint density at radius 3 is 2.52 bits per heavy atom. The molecule has 0 atom stereocenters. The van der Waals surface area contributed by atoms with E-state index < -0.39 is 11.5 Å². The van der Waals surface area contributed by atoms with Crippen molar-refractivity contribution in [3.8, 4) is 16.9 Å². The zero-order valence-corrected chi connectivity index (χ0v) is 23.0. The minimum atomic E-state index is -1.02. The maximum absolute atomic E-state index is 13.6. The summed E-state index contributed by atoms with van der Waals surface area (Å²) in [5.41, 5.74) is 12.7. The van der Waals surface area contributed by atoms with E-state index in [0.29, 0.717) is 23.2 Å². The predicted molar refractivity (Wildman–Crippen MR) is 158 cm³/mol. The highest BCUT2D eigenvalue weighted by Gasteiger charge is 2.28. The summed E-state index contributed by atoms with van der Waals surface area (Å²) in [6.45, 7) is 6.06. The number of aliphatic hydroxyl groups is 1. The van der Waals surface area contributed by atoms with Gasteiger partial charge in [-0.15, -0.1) is 0 Å². The highest BCUT2D eigenvalue weighted by Crippen LogP contribution is 2.41. The maximum atomic E-state index is 13.6. The van der Waals surface area contributed by atoms with Crippen LogP contribution in [0.4, 0.5) is 5.69 Å². The van der Waals surface area contributed by atoms with Gasteiger partial charge in [0.15, 0.2) is 0 Å². The summed E-state index contributed by atoms with van der Waals surface area (Å²) in [7, 11) is 1.63. The molecule has 4 aromatic carbocycles. The molecule has 0 saturated carbocycles. The van der Waals surface area contributed by atoms with E-state index in [-0.39, 0.29) is 5.91 Å². The van der Waals surface area contributed by atoms with Crippen LogP contribution >= 0.6 is 0 Å². The number of anilines is 1. The van der Waals surface area contributed by atoms with E-state index in [1.54, 1.807) is 27.0 Å². The van der Waals surface area contributed by atoms with E-state index >= 15 is 0 Å². The van der Waals surface area contributed by atoms with Crippen molar-refractivity contribution in [1.29, 1.82) is 0 Å². The summed E-state index contributed by atoms with van der Waals surface area (Å²) in [5, 5.41) is 12.4. The van der Waals surface area contributed by atoms with Gasteiger partial charge in [-0.05, 0) is 91.4 Å². The summed E-state index contributed by atoms with van der Waals surface area (Å²) < 4.78 is 5.35. The van der Waals surface area contributed by atoms with Gasteiger partial charge in [-0.1, -0.05) is 30.3 Å². The zero-order chi connectivity index (χ0) is 28.3. The topological polar surface area (TPSA) is 109 Å². The van der Waals surface area contributed by atoms with E-state index in [1.807, 2.05) is 72.5 Å². The fourth-order valence-corrected chi connectivity index (χ4v) is 5.85. The molecule has 0 spiro atoms. The number of ether oxygens (including phenoxy) is 1. The molecule has 0 saturated heterocycles. The molecule has 7 nitrogen and oxygen atoms in total. The number of amides is 2. The molecule has 0 radical (unpaired) electrons. The lowest BCUT2D eigenvalue weighted by molar-refractivity contribution is 0.0787. The number of primary amides is 1. The number of H-pyrrole nitrogens is 1. The number of nitrogens with zero attached hydrogens (tertiary/aromatic N) is 1. The van der Waals surface area contributed by atoms with Gasteiger partial charge in [0.1, 0.15) is 5.75 Å². The Kier molecular flexibility index (Phi) is 5.93. The van der Waals surface area contributed by atoms with E-state index in [9.17, 15) is 14.7 Å². The summed E-state index contributed by atoms with van der Waals surface area (Å²) in [6.07, 6.45) is 0.728. The Labute approximate surface area is 232 Å². The zero-order valence-electron chi connectivity index (χ0n) is 23.0. The van der Waals surface area contributed by atoms with E-state index in [1.165, 1.54) is 0 Å². The lowest BCUT2D eigenvalue weighted by Gasteiger charge is -2.30. The molecule has 1 aromatic heterocycles. The van der Waals surface area contributed by atoms with E-state index in [0.717, 1.165) is 62.0 Å². The third kappa shape index (κ3) is 4.01. The first-order chi connectivity index (χ1) is 19.1. The standard InChI is InChI=1S/C33H31N3O4/c1-18-22(6-5-7-28(18)36-15-14-19-16-21(40-4)9-11-23(19)32(36)38)24-12-13-26(31(34)37)30-29(24)25-10-8-20(33(2,3)39)17-27(25)35-30/h5-13,16-17,35,39H,14-15H2,1-4H3,(H2,34,37). The first kappa shape index (κ1) is 25.6. The molecular weight excluding hydrogens is 502 g/mol. The fraction of sp³-hybridized carbons (Fsp3) is 0.212. The first-order valence-corrected chi connectivity index (χ1v) is 13.3. The van der Waals surface area contributed by atoms with Crippen molar-refractivity contribution in [2.24, 2.45) is 5.73 Å². The van der Waals surface area contributed by atoms with Crippen LogP contribution in [0.25, 0.3) is 32.9 Å². The van der Waals surface area contributed by atoms with E-state index in [4.69, 9.17) is 10.5 Å². The normalized spacial score (nSPS) is 13.6.